The van der Waals surface area contributed by atoms with Gasteiger partial charge in [-0.05, 0) is 36.1 Å². The van der Waals surface area contributed by atoms with Crippen molar-refractivity contribution in [1.29, 1.82) is 0 Å². The third-order valence-corrected chi connectivity index (χ3v) is 4.64. The first-order chi connectivity index (χ1) is 15.2. The molecule has 2 amide bonds. The molecule has 0 heterocycles. The van der Waals surface area contributed by atoms with Crippen LogP contribution in [0.2, 0.25) is 0 Å². The van der Waals surface area contributed by atoms with Crippen molar-refractivity contribution < 1.29 is 27.5 Å². The van der Waals surface area contributed by atoms with Crippen LogP contribution in [-0.4, -0.2) is 37.1 Å². The zero-order valence-electron chi connectivity index (χ0n) is 17.7. The van der Waals surface area contributed by atoms with Crippen LogP contribution in [0.5, 0.6) is 5.75 Å². The number of unbranched alkanes of at least 4 members (excludes halogenated alkanes) is 1. The maximum atomic E-state index is 12.1. The molecule has 1 atom stereocenters. The lowest BCUT2D eigenvalue weighted by atomic mass is 10.1. The normalized spacial score (nSPS) is 12.1. The van der Waals surface area contributed by atoms with E-state index in [-0.39, 0.29) is 18.9 Å². The molecule has 32 heavy (non-hydrogen) atoms. The zero-order chi connectivity index (χ0) is 23.4. The van der Waals surface area contributed by atoms with Crippen molar-refractivity contribution in [2.24, 2.45) is 5.73 Å². The summed E-state index contributed by atoms with van der Waals surface area (Å²) < 4.78 is 42.0. The Labute approximate surface area is 185 Å². The average molecular weight is 451 g/mol. The number of carbonyl (C=O) groups excluding carboxylic acids is 2. The number of ether oxygens (including phenoxy) is 1. The third-order valence-electron chi connectivity index (χ3n) is 4.64. The first-order valence-corrected chi connectivity index (χ1v) is 10.4. The minimum Gasteiger partial charge on any atom is -0.489 e. The Balaban J connectivity index is 1.57. The number of amides is 2. The minimum absolute atomic E-state index is 0.121. The Bertz CT molecular complexity index is 843. The number of benzene rings is 2. The average Bonchev–Trinajstić information content (AvgIpc) is 2.76. The van der Waals surface area contributed by atoms with Crippen LogP contribution in [0.25, 0.3) is 0 Å². The topological polar surface area (TPSA) is 93.4 Å². The molecule has 6 nitrogen and oxygen atoms in total. The molecule has 2 rings (SSSR count). The van der Waals surface area contributed by atoms with E-state index in [4.69, 9.17) is 10.5 Å². The van der Waals surface area contributed by atoms with Crippen molar-refractivity contribution >= 4 is 11.8 Å². The second kappa shape index (κ2) is 12.7. The van der Waals surface area contributed by atoms with E-state index in [1.165, 1.54) is 0 Å². The van der Waals surface area contributed by atoms with Gasteiger partial charge in [-0.15, -0.1) is 0 Å². The van der Waals surface area contributed by atoms with Crippen LogP contribution >= 0.6 is 0 Å². The number of nitrogens with two attached hydrogens (primary N) is 1. The summed E-state index contributed by atoms with van der Waals surface area (Å²) in [5.74, 6) is -1.39. The standard InChI is InChI=1S/C23H28F3N3O3/c24-23(25,26)22(31)29-15-19(27)8-4-5-13-28-21(30)14-17-9-11-20(12-10-17)32-16-18-6-2-1-3-7-18/h1-3,6-7,9-12,19H,4-5,8,13-16,27H2,(H,28,30)(H,29,31)/t19-/m0/s1. The quantitative estimate of drug-likeness (QED) is 0.433. The van der Waals surface area contributed by atoms with Crippen LogP contribution in [0.15, 0.2) is 54.6 Å². The highest BCUT2D eigenvalue weighted by Gasteiger charge is 2.38. The predicted molar refractivity (Wildman–Crippen MR) is 115 cm³/mol. The molecule has 0 saturated carbocycles. The molecule has 0 aliphatic carbocycles. The highest BCUT2D eigenvalue weighted by atomic mass is 19.4. The molecule has 2 aromatic rings. The summed E-state index contributed by atoms with van der Waals surface area (Å²) in [6.07, 6.45) is -2.96. The van der Waals surface area contributed by atoms with Gasteiger partial charge < -0.3 is 21.1 Å². The van der Waals surface area contributed by atoms with E-state index in [0.717, 1.165) is 16.9 Å². The molecule has 0 aliphatic heterocycles. The molecule has 0 bridgehead atoms. The minimum atomic E-state index is -4.90. The Hall–Kier alpha value is -3.07. The van der Waals surface area contributed by atoms with Crippen LogP contribution in [0.3, 0.4) is 0 Å². The number of nitrogens with one attached hydrogen (secondary N) is 2. The summed E-state index contributed by atoms with van der Waals surface area (Å²) in [4.78, 5) is 22.8. The van der Waals surface area contributed by atoms with Crippen molar-refractivity contribution in [3.63, 3.8) is 0 Å². The van der Waals surface area contributed by atoms with Crippen molar-refractivity contribution in [3.05, 3.63) is 65.7 Å². The monoisotopic (exact) mass is 451 g/mol. The van der Waals surface area contributed by atoms with Gasteiger partial charge in [0.15, 0.2) is 0 Å². The van der Waals surface area contributed by atoms with Crippen molar-refractivity contribution in [3.8, 4) is 5.75 Å². The van der Waals surface area contributed by atoms with Gasteiger partial charge in [-0.2, -0.15) is 13.2 Å². The molecule has 2 aromatic carbocycles. The number of hydrogen-bond donors (Lipinski definition) is 3. The SMILES string of the molecule is N[C@@H](CCCCNC(=O)Cc1ccc(OCc2ccccc2)cc1)CNC(=O)C(F)(F)F. The molecule has 0 fully saturated rings. The number of halogens is 3. The lowest BCUT2D eigenvalue weighted by Gasteiger charge is -2.14. The zero-order valence-corrected chi connectivity index (χ0v) is 17.7. The van der Waals surface area contributed by atoms with E-state index in [9.17, 15) is 22.8 Å². The lowest BCUT2D eigenvalue weighted by molar-refractivity contribution is -0.173. The van der Waals surface area contributed by atoms with E-state index in [1.807, 2.05) is 54.6 Å². The summed E-state index contributed by atoms with van der Waals surface area (Å²) in [5.41, 5.74) is 7.63. The van der Waals surface area contributed by atoms with Crippen molar-refractivity contribution in [1.82, 2.24) is 10.6 Å². The van der Waals surface area contributed by atoms with Gasteiger partial charge in [0.2, 0.25) is 5.91 Å². The maximum Gasteiger partial charge on any atom is 0.471 e. The van der Waals surface area contributed by atoms with Gasteiger partial charge in [-0.3, -0.25) is 9.59 Å². The molecular weight excluding hydrogens is 423 g/mol. The largest absolute Gasteiger partial charge is 0.489 e. The van der Waals surface area contributed by atoms with E-state index in [2.05, 4.69) is 5.32 Å². The van der Waals surface area contributed by atoms with Gasteiger partial charge in [0, 0.05) is 19.1 Å². The van der Waals surface area contributed by atoms with Crippen LogP contribution in [0.1, 0.15) is 30.4 Å². The number of alkyl halides is 3. The molecule has 0 saturated heterocycles. The second-order valence-corrected chi connectivity index (χ2v) is 7.41. The van der Waals surface area contributed by atoms with Gasteiger partial charge >= 0.3 is 12.1 Å². The molecule has 0 spiro atoms. The molecule has 0 radical (unpaired) electrons. The Morgan fingerprint density at radius 3 is 2.28 bits per heavy atom. The van der Waals surface area contributed by atoms with E-state index < -0.39 is 18.1 Å². The third kappa shape index (κ3) is 9.82. The molecular formula is C23H28F3N3O3. The van der Waals surface area contributed by atoms with Crippen LogP contribution in [0, 0.1) is 0 Å². The Morgan fingerprint density at radius 1 is 0.938 bits per heavy atom. The van der Waals surface area contributed by atoms with E-state index in [1.54, 1.807) is 5.32 Å². The maximum absolute atomic E-state index is 12.1. The van der Waals surface area contributed by atoms with Crippen molar-refractivity contribution in [2.75, 3.05) is 13.1 Å². The highest BCUT2D eigenvalue weighted by Crippen LogP contribution is 2.15. The molecule has 0 unspecified atom stereocenters. The highest BCUT2D eigenvalue weighted by molar-refractivity contribution is 5.81. The van der Waals surface area contributed by atoms with Crippen LogP contribution in [0.4, 0.5) is 13.2 Å². The smallest absolute Gasteiger partial charge is 0.471 e. The molecule has 4 N–H and O–H groups in total. The molecule has 0 aliphatic rings. The molecule has 174 valence electrons. The van der Waals surface area contributed by atoms with Gasteiger partial charge in [0.1, 0.15) is 12.4 Å². The van der Waals surface area contributed by atoms with Gasteiger partial charge in [0.05, 0.1) is 6.42 Å². The lowest BCUT2D eigenvalue weighted by Crippen LogP contribution is -2.43. The van der Waals surface area contributed by atoms with Crippen LogP contribution in [-0.2, 0) is 22.6 Å². The van der Waals surface area contributed by atoms with Crippen molar-refractivity contribution in [2.45, 2.75) is 44.5 Å². The summed E-state index contributed by atoms with van der Waals surface area (Å²) in [7, 11) is 0. The fraction of sp³-hybridized carbons (Fsp3) is 0.391. The van der Waals surface area contributed by atoms with Gasteiger partial charge in [0.25, 0.3) is 0 Å². The summed E-state index contributed by atoms with van der Waals surface area (Å²) in [6.45, 7) is 0.674. The molecule has 0 aromatic heterocycles. The second-order valence-electron chi connectivity index (χ2n) is 7.41. The first-order valence-electron chi connectivity index (χ1n) is 10.4. The summed E-state index contributed by atoms with van der Waals surface area (Å²) >= 11 is 0. The van der Waals surface area contributed by atoms with Gasteiger partial charge in [-0.25, -0.2) is 0 Å². The van der Waals surface area contributed by atoms with Gasteiger partial charge in [-0.1, -0.05) is 48.9 Å². The summed E-state index contributed by atoms with van der Waals surface area (Å²) in [5, 5.41) is 4.57. The van der Waals surface area contributed by atoms with Crippen LogP contribution < -0.4 is 21.1 Å². The Kier molecular flexibility index (Phi) is 10.0. The van der Waals surface area contributed by atoms with E-state index in [0.29, 0.717) is 32.4 Å². The fourth-order valence-electron chi connectivity index (χ4n) is 2.88. The fourth-order valence-corrected chi connectivity index (χ4v) is 2.88. The predicted octanol–water partition coefficient (Wildman–Crippen LogP) is 3.10. The number of rotatable bonds is 12. The first kappa shape index (κ1) is 25.2. The van der Waals surface area contributed by atoms with E-state index >= 15 is 0 Å². The summed E-state index contributed by atoms with van der Waals surface area (Å²) in [6, 6.07) is 16.6. The molecule has 9 heteroatoms. The Morgan fingerprint density at radius 2 is 1.62 bits per heavy atom. The number of hydrogen-bond acceptors (Lipinski definition) is 4. The number of carbonyl (C=O) groups is 2.